The van der Waals surface area contributed by atoms with Gasteiger partial charge in [0.05, 0.1) is 22.2 Å². The first-order valence-electron chi connectivity index (χ1n) is 11.4. The number of phenolic OH excluding ortho intramolecular Hbond substituents is 1. The Morgan fingerprint density at radius 2 is 1.69 bits per heavy atom. The summed E-state index contributed by atoms with van der Waals surface area (Å²) in [5.41, 5.74) is 3.21. The number of para-hydroxylation sites is 1. The second kappa shape index (κ2) is 9.38. The van der Waals surface area contributed by atoms with E-state index >= 15 is 0 Å². The van der Waals surface area contributed by atoms with Crippen LogP contribution < -0.4 is 10.5 Å². The fraction of sp³-hybridized carbons (Fsp3) is 0.143. The molecule has 0 radical (unpaired) electrons. The van der Waals surface area contributed by atoms with Gasteiger partial charge in [-0.05, 0) is 42.3 Å². The number of hydrogen-bond donors (Lipinski definition) is 1. The number of fused-ring (bicyclic) bond motifs is 1. The third kappa shape index (κ3) is 4.36. The lowest BCUT2D eigenvalue weighted by Crippen LogP contribution is -2.25. The van der Waals surface area contributed by atoms with Gasteiger partial charge in [-0.25, -0.2) is 9.97 Å². The molecule has 1 N–H and O–H groups in total. The minimum absolute atomic E-state index is 0.0740. The predicted octanol–water partition coefficient (Wildman–Crippen LogP) is 4.53. The molecule has 0 aliphatic carbocycles. The van der Waals surface area contributed by atoms with E-state index in [0.29, 0.717) is 41.0 Å². The molecule has 0 unspecified atom stereocenters. The van der Waals surface area contributed by atoms with Gasteiger partial charge < -0.3 is 10.0 Å². The van der Waals surface area contributed by atoms with Crippen LogP contribution in [0.25, 0.3) is 33.5 Å². The number of anilines is 1. The number of aromatic hydroxyl groups is 1. The normalized spacial score (nSPS) is 11.0. The summed E-state index contributed by atoms with van der Waals surface area (Å²) in [4.78, 5) is 29.8. The summed E-state index contributed by atoms with van der Waals surface area (Å²) in [7, 11) is 3.85. The van der Waals surface area contributed by atoms with Crippen molar-refractivity contribution in [2.45, 2.75) is 13.0 Å². The predicted molar refractivity (Wildman–Crippen MR) is 139 cm³/mol. The molecule has 3 aromatic heterocycles. The van der Waals surface area contributed by atoms with Crippen LogP contribution in [0.5, 0.6) is 5.75 Å². The van der Waals surface area contributed by atoms with E-state index in [1.165, 1.54) is 0 Å². The largest absolute Gasteiger partial charge is 0.507 e. The van der Waals surface area contributed by atoms with Gasteiger partial charge in [0.15, 0.2) is 0 Å². The van der Waals surface area contributed by atoms with Gasteiger partial charge in [0, 0.05) is 38.6 Å². The zero-order chi connectivity index (χ0) is 24.4. The number of aryl methyl sites for hydroxylation is 1. The molecule has 0 fully saturated rings. The van der Waals surface area contributed by atoms with E-state index in [1.807, 2.05) is 67.5 Å². The Balaban J connectivity index is 1.71. The molecule has 0 amide bonds. The standard InChI is InChI=1S/C28H25N5O2/c1-32(2)24-13-12-20(18-30-24)26-25-22(14-16-29-26)31-27(21-10-6-7-11-23(21)34)33(28(25)35)17-15-19-8-4-3-5-9-19/h3-14,16,18,34H,15,17H2,1-2H3. The zero-order valence-corrected chi connectivity index (χ0v) is 19.6. The number of benzene rings is 2. The van der Waals surface area contributed by atoms with Crippen LogP contribution >= 0.6 is 0 Å². The summed E-state index contributed by atoms with van der Waals surface area (Å²) in [6.07, 6.45) is 4.01. The molecule has 35 heavy (non-hydrogen) atoms. The van der Waals surface area contributed by atoms with Crippen LogP contribution in [0.2, 0.25) is 0 Å². The molecule has 7 nitrogen and oxygen atoms in total. The van der Waals surface area contributed by atoms with Crippen LogP contribution in [-0.2, 0) is 13.0 Å². The highest BCUT2D eigenvalue weighted by molar-refractivity contribution is 5.92. The smallest absolute Gasteiger partial charge is 0.263 e. The van der Waals surface area contributed by atoms with E-state index < -0.39 is 0 Å². The van der Waals surface area contributed by atoms with E-state index in [9.17, 15) is 9.90 Å². The maximum Gasteiger partial charge on any atom is 0.263 e. The van der Waals surface area contributed by atoms with Crippen LogP contribution in [0.4, 0.5) is 5.82 Å². The molecule has 0 saturated carbocycles. The van der Waals surface area contributed by atoms with Crippen molar-refractivity contribution in [3.05, 3.63) is 101 Å². The Labute approximate surface area is 203 Å². The second-order valence-electron chi connectivity index (χ2n) is 8.50. The Bertz CT molecular complexity index is 1540. The number of rotatable bonds is 6. The number of pyridine rings is 2. The summed E-state index contributed by atoms with van der Waals surface area (Å²) in [5, 5.41) is 11.0. The van der Waals surface area contributed by atoms with Crippen molar-refractivity contribution in [1.29, 1.82) is 0 Å². The van der Waals surface area contributed by atoms with Gasteiger partial charge in [-0.2, -0.15) is 0 Å². The molecule has 0 spiro atoms. The summed E-state index contributed by atoms with van der Waals surface area (Å²) >= 11 is 0. The van der Waals surface area contributed by atoms with Crippen LogP contribution in [0.15, 0.2) is 90.0 Å². The van der Waals surface area contributed by atoms with E-state index in [4.69, 9.17) is 4.98 Å². The molecule has 2 aromatic carbocycles. The number of phenols is 1. The highest BCUT2D eigenvalue weighted by atomic mass is 16.3. The lowest BCUT2D eigenvalue weighted by Gasteiger charge is -2.16. The first-order valence-corrected chi connectivity index (χ1v) is 11.4. The summed E-state index contributed by atoms with van der Waals surface area (Å²) in [6, 6.07) is 22.5. The van der Waals surface area contributed by atoms with E-state index in [2.05, 4.69) is 9.97 Å². The Hall–Kier alpha value is -4.52. The maximum absolute atomic E-state index is 14.0. The van der Waals surface area contributed by atoms with Crippen molar-refractivity contribution in [3.63, 3.8) is 0 Å². The average Bonchev–Trinajstić information content (AvgIpc) is 2.88. The molecule has 0 aliphatic rings. The van der Waals surface area contributed by atoms with Gasteiger partial charge in [-0.1, -0.05) is 42.5 Å². The maximum atomic E-state index is 14.0. The molecule has 0 saturated heterocycles. The zero-order valence-electron chi connectivity index (χ0n) is 19.6. The minimum atomic E-state index is -0.205. The molecule has 7 heteroatoms. The van der Waals surface area contributed by atoms with Crippen LogP contribution in [0, 0.1) is 0 Å². The fourth-order valence-electron chi connectivity index (χ4n) is 4.13. The number of nitrogens with zero attached hydrogens (tertiary/aromatic N) is 5. The third-order valence-electron chi connectivity index (χ3n) is 5.96. The monoisotopic (exact) mass is 463 g/mol. The van der Waals surface area contributed by atoms with Crippen molar-refractivity contribution in [1.82, 2.24) is 19.5 Å². The first-order chi connectivity index (χ1) is 17.0. The quantitative estimate of drug-likeness (QED) is 0.398. The van der Waals surface area contributed by atoms with Gasteiger partial charge in [0.2, 0.25) is 0 Å². The van der Waals surface area contributed by atoms with Gasteiger partial charge in [-0.15, -0.1) is 0 Å². The summed E-state index contributed by atoms with van der Waals surface area (Å²) in [5.74, 6) is 1.31. The fourth-order valence-corrected chi connectivity index (χ4v) is 4.13. The summed E-state index contributed by atoms with van der Waals surface area (Å²) < 4.78 is 1.64. The van der Waals surface area contributed by atoms with Crippen LogP contribution in [0.1, 0.15) is 5.56 Å². The Kier molecular flexibility index (Phi) is 5.97. The Morgan fingerprint density at radius 3 is 2.40 bits per heavy atom. The van der Waals surface area contributed by atoms with Crippen molar-refractivity contribution >= 4 is 16.7 Å². The molecule has 3 heterocycles. The Morgan fingerprint density at radius 1 is 0.914 bits per heavy atom. The lowest BCUT2D eigenvalue weighted by atomic mass is 10.1. The number of hydrogen-bond acceptors (Lipinski definition) is 6. The van der Waals surface area contributed by atoms with E-state index in [1.54, 1.807) is 41.2 Å². The SMILES string of the molecule is CN(C)c1ccc(-c2nccc3nc(-c4ccccc4O)n(CCc4ccccc4)c(=O)c23)cn1. The van der Waals surface area contributed by atoms with Crippen molar-refractivity contribution in [2.24, 2.45) is 0 Å². The van der Waals surface area contributed by atoms with E-state index in [0.717, 1.165) is 16.9 Å². The summed E-state index contributed by atoms with van der Waals surface area (Å²) in [6.45, 7) is 0.404. The van der Waals surface area contributed by atoms with Gasteiger partial charge in [-0.3, -0.25) is 14.3 Å². The lowest BCUT2D eigenvalue weighted by molar-refractivity contribution is 0.476. The van der Waals surface area contributed by atoms with Gasteiger partial charge in [0.1, 0.15) is 17.4 Å². The third-order valence-corrected chi connectivity index (χ3v) is 5.96. The molecular formula is C28H25N5O2. The van der Waals surface area contributed by atoms with Crippen LogP contribution in [0.3, 0.4) is 0 Å². The topological polar surface area (TPSA) is 84.1 Å². The van der Waals surface area contributed by atoms with Crippen molar-refractivity contribution < 1.29 is 5.11 Å². The van der Waals surface area contributed by atoms with Gasteiger partial charge >= 0.3 is 0 Å². The number of aromatic nitrogens is 4. The minimum Gasteiger partial charge on any atom is -0.507 e. The second-order valence-corrected chi connectivity index (χ2v) is 8.50. The molecule has 5 aromatic rings. The molecule has 0 aliphatic heterocycles. The molecule has 174 valence electrons. The molecule has 5 rings (SSSR count). The van der Waals surface area contributed by atoms with Gasteiger partial charge in [0.25, 0.3) is 5.56 Å². The molecule has 0 bridgehead atoms. The average molecular weight is 464 g/mol. The van der Waals surface area contributed by atoms with E-state index in [-0.39, 0.29) is 11.3 Å². The highest BCUT2D eigenvalue weighted by Crippen LogP contribution is 2.30. The van der Waals surface area contributed by atoms with Crippen LogP contribution in [-0.4, -0.2) is 38.7 Å². The molecular weight excluding hydrogens is 438 g/mol. The highest BCUT2D eigenvalue weighted by Gasteiger charge is 2.19. The van der Waals surface area contributed by atoms with Crippen molar-refractivity contribution in [2.75, 3.05) is 19.0 Å². The molecule has 0 atom stereocenters. The first kappa shape index (κ1) is 22.3. The van der Waals surface area contributed by atoms with Crippen molar-refractivity contribution in [3.8, 4) is 28.4 Å².